The Balaban J connectivity index is 1.52. The van der Waals surface area contributed by atoms with Crippen LogP contribution in [0.5, 0.6) is 0 Å². The molecular formula is C18H23F3O4. The lowest BCUT2D eigenvalue weighted by atomic mass is 9.49. The van der Waals surface area contributed by atoms with E-state index in [-0.39, 0.29) is 11.5 Å². The maximum Gasteiger partial charge on any atom is 0.425 e. The van der Waals surface area contributed by atoms with Crippen molar-refractivity contribution < 1.29 is 32.2 Å². The van der Waals surface area contributed by atoms with Crippen LogP contribution in [-0.2, 0) is 19.1 Å². The van der Waals surface area contributed by atoms with Crippen molar-refractivity contribution in [1.82, 2.24) is 0 Å². The number of halogens is 3. The smallest absolute Gasteiger partial charge is 0.425 e. The normalized spacial score (nSPS) is 34.5. The Morgan fingerprint density at radius 3 is 2.04 bits per heavy atom. The Morgan fingerprint density at radius 2 is 1.60 bits per heavy atom. The van der Waals surface area contributed by atoms with Crippen molar-refractivity contribution in [3.05, 3.63) is 12.2 Å². The van der Waals surface area contributed by atoms with Gasteiger partial charge in [0.15, 0.2) is 6.10 Å². The predicted octanol–water partition coefficient (Wildman–Crippen LogP) is 3.80. The first kappa shape index (κ1) is 18.3. The molecule has 1 atom stereocenters. The lowest BCUT2D eigenvalue weighted by Gasteiger charge is -2.55. The molecule has 0 aromatic heterocycles. The quantitative estimate of drug-likeness (QED) is 0.553. The highest BCUT2D eigenvalue weighted by Gasteiger charge is 2.55. The second-order valence-electron chi connectivity index (χ2n) is 7.97. The van der Waals surface area contributed by atoms with E-state index in [2.05, 4.69) is 11.3 Å². The van der Waals surface area contributed by atoms with Crippen LogP contribution in [0.4, 0.5) is 13.2 Å². The van der Waals surface area contributed by atoms with E-state index in [1.165, 1.54) is 19.3 Å². The second-order valence-corrected chi connectivity index (χ2v) is 7.97. The van der Waals surface area contributed by atoms with Crippen molar-refractivity contribution >= 4 is 11.9 Å². The van der Waals surface area contributed by atoms with Gasteiger partial charge in [0.05, 0.1) is 11.0 Å². The second kappa shape index (κ2) is 6.32. The van der Waals surface area contributed by atoms with E-state index < -0.39 is 30.3 Å². The van der Waals surface area contributed by atoms with Gasteiger partial charge < -0.3 is 9.47 Å². The largest absolute Gasteiger partial charge is 0.460 e. The van der Waals surface area contributed by atoms with Gasteiger partial charge in [-0.1, -0.05) is 6.58 Å². The Hall–Kier alpha value is -1.53. The molecule has 0 aromatic carbocycles. The highest BCUT2D eigenvalue weighted by Crippen LogP contribution is 2.60. The van der Waals surface area contributed by atoms with E-state index in [4.69, 9.17) is 4.74 Å². The molecule has 0 saturated heterocycles. The van der Waals surface area contributed by atoms with E-state index in [0.29, 0.717) is 17.8 Å². The summed E-state index contributed by atoms with van der Waals surface area (Å²) in [6.45, 7) is 3.71. The lowest BCUT2D eigenvalue weighted by molar-refractivity contribution is -0.214. The lowest BCUT2D eigenvalue weighted by Crippen LogP contribution is -2.50. The number of carbonyl (C=O) groups is 2. The van der Waals surface area contributed by atoms with Gasteiger partial charge in [-0.3, -0.25) is 4.79 Å². The van der Waals surface area contributed by atoms with E-state index in [1.54, 1.807) is 0 Å². The van der Waals surface area contributed by atoms with Crippen LogP contribution in [0.15, 0.2) is 12.2 Å². The van der Waals surface area contributed by atoms with Crippen molar-refractivity contribution in [2.75, 3.05) is 6.61 Å². The monoisotopic (exact) mass is 360 g/mol. The fraction of sp³-hybridized carbons (Fsp3) is 0.778. The number of esters is 2. The van der Waals surface area contributed by atoms with Crippen LogP contribution in [0.1, 0.15) is 45.4 Å². The molecule has 1 unspecified atom stereocenters. The summed E-state index contributed by atoms with van der Waals surface area (Å²) in [5, 5.41) is 0. The van der Waals surface area contributed by atoms with Gasteiger partial charge >= 0.3 is 18.1 Å². The van der Waals surface area contributed by atoms with Crippen LogP contribution in [0.2, 0.25) is 0 Å². The van der Waals surface area contributed by atoms with Gasteiger partial charge in [0.1, 0.15) is 6.61 Å². The molecule has 0 aromatic rings. The van der Waals surface area contributed by atoms with Gasteiger partial charge in [0, 0.05) is 0 Å². The Kier molecular flexibility index (Phi) is 4.62. The molecule has 4 fully saturated rings. The average Bonchev–Trinajstić information content (AvgIpc) is 2.49. The van der Waals surface area contributed by atoms with E-state index in [1.807, 2.05) is 0 Å². The van der Waals surface area contributed by atoms with Gasteiger partial charge in [-0.2, -0.15) is 13.2 Å². The topological polar surface area (TPSA) is 52.6 Å². The third kappa shape index (κ3) is 3.70. The van der Waals surface area contributed by atoms with E-state index >= 15 is 0 Å². The molecule has 0 spiro atoms. The SMILES string of the molecule is C=C(COC(=O)C12CC3CC(CC(C3)C1)C2)C(=O)OC(C)C(F)(F)F. The Labute approximate surface area is 144 Å². The molecule has 0 N–H and O–H groups in total. The Bertz CT molecular complexity index is 546. The summed E-state index contributed by atoms with van der Waals surface area (Å²) in [5.41, 5.74) is -0.757. The minimum absolute atomic E-state index is 0.283. The number of rotatable bonds is 5. The number of ether oxygens (including phenoxy) is 2. The third-order valence-corrected chi connectivity index (χ3v) is 5.88. The molecule has 0 amide bonds. The minimum Gasteiger partial charge on any atom is -0.460 e. The maximum atomic E-state index is 12.6. The maximum absolute atomic E-state index is 12.6. The molecule has 4 aliphatic rings. The third-order valence-electron chi connectivity index (χ3n) is 5.88. The molecule has 0 radical (unpaired) electrons. The first-order chi connectivity index (χ1) is 11.6. The standard InChI is InChI=1S/C18H23F3O4/c1-10(15(22)25-11(2)18(19,20)21)9-24-16(23)17-6-12-3-13(7-17)5-14(4-12)8-17/h11-14H,1,3-9H2,2H3. The van der Waals surface area contributed by atoms with Crippen LogP contribution < -0.4 is 0 Å². The van der Waals surface area contributed by atoms with Crippen LogP contribution in [0, 0.1) is 23.2 Å². The molecule has 4 bridgehead atoms. The van der Waals surface area contributed by atoms with Gasteiger partial charge in [0.2, 0.25) is 0 Å². The van der Waals surface area contributed by atoms with Gasteiger partial charge in [-0.05, 0) is 63.2 Å². The highest BCUT2D eigenvalue weighted by molar-refractivity contribution is 5.89. The molecule has 4 nitrogen and oxygen atoms in total. The van der Waals surface area contributed by atoms with Gasteiger partial charge in [0.25, 0.3) is 0 Å². The predicted molar refractivity (Wildman–Crippen MR) is 82.3 cm³/mol. The summed E-state index contributed by atoms with van der Waals surface area (Å²) in [6.07, 6.45) is -0.857. The minimum atomic E-state index is -4.63. The van der Waals surface area contributed by atoms with Crippen molar-refractivity contribution in [1.29, 1.82) is 0 Å². The highest BCUT2D eigenvalue weighted by atomic mass is 19.4. The van der Waals surface area contributed by atoms with Crippen molar-refractivity contribution in [2.24, 2.45) is 23.2 Å². The first-order valence-electron chi connectivity index (χ1n) is 8.72. The average molecular weight is 360 g/mol. The van der Waals surface area contributed by atoms with Gasteiger partial charge in [-0.15, -0.1) is 0 Å². The summed E-state index contributed by atoms with van der Waals surface area (Å²) in [4.78, 5) is 24.3. The summed E-state index contributed by atoms with van der Waals surface area (Å²) in [6, 6.07) is 0. The number of hydrogen-bond donors (Lipinski definition) is 0. The molecule has 4 aliphatic carbocycles. The zero-order chi connectivity index (χ0) is 18.4. The number of alkyl halides is 3. The number of hydrogen-bond acceptors (Lipinski definition) is 4. The van der Waals surface area contributed by atoms with E-state index in [9.17, 15) is 22.8 Å². The summed E-state index contributed by atoms with van der Waals surface area (Å²) >= 11 is 0. The zero-order valence-corrected chi connectivity index (χ0v) is 14.2. The molecule has 7 heteroatoms. The van der Waals surface area contributed by atoms with Crippen LogP contribution >= 0.6 is 0 Å². The van der Waals surface area contributed by atoms with E-state index in [0.717, 1.165) is 26.2 Å². The summed E-state index contributed by atoms with van der Waals surface area (Å²) in [7, 11) is 0. The molecule has 0 aliphatic heterocycles. The number of carbonyl (C=O) groups excluding carboxylic acids is 2. The first-order valence-corrected chi connectivity index (χ1v) is 8.72. The molecule has 4 saturated carbocycles. The van der Waals surface area contributed by atoms with Gasteiger partial charge in [-0.25, -0.2) is 4.79 Å². The van der Waals surface area contributed by atoms with Crippen molar-refractivity contribution in [3.8, 4) is 0 Å². The van der Waals surface area contributed by atoms with Crippen molar-refractivity contribution in [2.45, 2.75) is 57.7 Å². The molecule has 0 heterocycles. The summed E-state index contributed by atoms with van der Waals surface area (Å²) < 4.78 is 46.8. The fourth-order valence-corrected chi connectivity index (χ4v) is 5.04. The molecule has 140 valence electrons. The molecule has 25 heavy (non-hydrogen) atoms. The van der Waals surface area contributed by atoms with Crippen molar-refractivity contribution in [3.63, 3.8) is 0 Å². The summed E-state index contributed by atoms with van der Waals surface area (Å²) in [5.74, 6) is 0.173. The van der Waals surface area contributed by atoms with Crippen LogP contribution in [0.3, 0.4) is 0 Å². The Morgan fingerprint density at radius 1 is 1.12 bits per heavy atom. The fourth-order valence-electron chi connectivity index (χ4n) is 5.04. The van der Waals surface area contributed by atoms with Crippen LogP contribution in [-0.4, -0.2) is 30.8 Å². The molecular weight excluding hydrogens is 337 g/mol. The molecule has 4 rings (SSSR count). The van der Waals surface area contributed by atoms with Crippen LogP contribution in [0.25, 0.3) is 0 Å². The zero-order valence-electron chi connectivity index (χ0n) is 14.2.